The molecule has 7 nitrogen and oxygen atoms in total. The molecule has 0 amide bonds. The Morgan fingerprint density at radius 3 is 1.72 bits per heavy atom. The third kappa shape index (κ3) is 5.88. The van der Waals surface area contributed by atoms with Crippen LogP contribution in [0, 0.1) is 10.8 Å². The van der Waals surface area contributed by atoms with Crippen molar-refractivity contribution in [3.8, 4) is 0 Å². The number of carbonyl (C=O) groups is 2. The predicted molar refractivity (Wildman–Crippen MR) is 85.5 cm³/mol. The summed E-state index contributed by atoms with van der Waals surface area (Å²) in [5.74, 6) is -2.74. The van der Waals surface area contributed by atoms with Crippen molar-refractivity contribution in [2.45, 2.75) is 59.1 Å². The molecule has 148 valence electrons. The van der Waals surface area contributed by atoms with E-state index in [1.807, 2.05) is 20.8 Å². The van der Waals surface area contributed by atoms with Crippen molar-refractivity contribution in [3.05, 3.63) is 0 Å². The zero-order valence-electron chi connectivity index (χ0n) is 15.1. The third-order valence-electron chi connectivity index (χ3n) is 4.65. The smallest absolute Gasteiger partial charge is 0.465 e. The number of halogens is 2. The van der Waals surface area contributed by atoms with Crippen LogP contribution in [0.4, 0.5) is 8.78 Å². The van der Waals surface area contributed by atoms with Gasteiger partial charge in [-0.1, -0.05) is 20.8 Å². The first-order chi connectivity index (χ1) is 11.1. The van der Waals surface area contributed by atoms with Gasteiger partial charge in [-0.15, -0.1) is 0 Å². The molecule has 0 rings (SSSR count). The van der Waals surface area contributed by atoms with Crippen LogP contribution >= 0.6 is 0 Å². The van der Waals surface area contributed by atoms with E-state index >= 15 is 0 Å². The molecule has 0 aromatic rings. The number of alkyl halides is 2. The lowest BCUT2D eigenvalue weighted by atomic mass is 9.66. The molecule has 0 aliphatic carbocycles. The molecule has 0 atom stereocenters. The van der Waals surface area contributed by atoms with Crippen LogP contribution in [0.5, 0.6) is 0 Å². The summed E-state index contributed by atoms with van der Waals surface area (Å²) in [6.45, 7) is 8.92. The van der Waals surface area contributed by atoms with Gasteiger partial charge in [-0.2, -0.15) is 17.2 Å². The molecular formula is C15H26F2O7S. The van der Waals surface area contributed by atoms with E-state index in [-0.39, 0.29) is 24.9 Å². The van der Waals surface area contributed by atoms with Crippen molar-refractivity contribution in [1.82, 2.24) is 0 Å². The van der Waals surface area contributed by atoms with E-state index < -0.39 is 39.3 Å². The summed E-state index contributed by atoms with van der Waals surface area (Å²) in [6, 6.07) is 0. The summed E-state index contributed by atoms with van der Waals surface area (Å²) in [7, 11) is -5.87. The topological polar surface area (TPSA) is 107 Å². The molecule has 0 saturated carbocycles. The average Bonchev–Trinajstić information content (AvgIpc) is 2.48. The fourth-order valence-corrected chi connectivity index (χ4v) is 1.89. The second-order valence-electron chi connectivity index (χ2n) is 6.83. The van der Waals surface area contributed by atoms with Crippen molar-refractivity contribution in [1.29, 1.82) is 0 Å². The largest absolute Gasteiger partial charge is 0.465 e. The Kier molecular flexibility index (Phi) is 7.96. The van der Waals surface area contributed by atoms with E-state index in [1.165, 1.54) is 0 Å². The maximum Gasteiger partial charge on any atom is 0.465 e. The number of esters is 2. The molecule has 0 unspecified atom stereocenters. The fraction of sp³-hybridized carbons (Fsp3) is 0.867. The zero-order valence-corrected chi connectivity index (χ0v) is 15.9. The maximum absolute atomic E-state index is 12.9. The number of rotatable bonds is 10. The SMILES string of the molecule is CCC(C)(C)C(C)(C)C(=O)OCCCCOC(=O)C(F)(F)S(=O)(=O)O. The zero-order chi connectivity index (χ0) is 20.1. The van der Waals surface area contributed by atoms with Crippen LogP contribution in [0.2, 0.25) is 0 Å². The molecule has 0 fully saturated rings. The van der Waals surface area contributed by atoms with Gasteiger partial charge in [0.1, 0.15) is 0 Å². The number of hydrogen-bond acceptors (Lipinski definition) is 6. The van der Waals surface area contributed by atoms with Gasteiger partial charge in [0.15, 0.2) is 0 Å². The lowest BCUT2D eigenvalue weighted by Crippen LogP contribution is -2.40. The monoisotopic (exact) mass is 388 g/mol. The lowest BCUT2D eigenvalue weighted by Gasteiger charge is -2.38. The summed E-state index contributed by atoms with van der Waals surface area (Å²) >= 11 is 0. The van der Waals surface area contributed by atoms with E-state index in [0.717, 1.165) is 6.42 Å². The molecule has 0 heterocycles. The van der Waals surface area contributed by atoms with Crippen molar-refractivity contribution >= 4 is 22.1 Å². The predicted octanol–water partition coefficient (Wildman–Crippen LogP) is 2.80. The second-order valence-corrected chi connectivity index (χ2v) is 8.30. The summed E-state index contributed by atoms with van der Waals surface area (Å²) in [4.78, 5) is 23.1. The number of ether oxygens (including phenoxy) is 2. The summed E-state index contributed by atoms with van der Waals surface area (Å²) in [6.07, 6.45) is 1.09. The van der Waals surface area contributed by atoms with Crippen LogP contribution < -0.4 is 0 Å². The highest BCUT2D eigenvalue weighted by Gasteiger charge is 2.54. The molecule has 0 aromatic carbocycles. The summed E-state index contributed by atoms with van der Waals surface area (Å²) in [5, 5.41) is -5.00. The average molecular weight is 388 g/mol. The van der Waals surface area contributed by atoms with Gasteiger partial charge in [0.25, 0.3) is 0 Å². The Morgan fingerprint density at radius 1 is 0.960 bits per heavy atom. The Morgan fingerprint density at radius 2 is 1.36 bits per heavy atom. The molecular weight excluding hydrogens is 362 g/mol. The van der Waals surface area contributed by atoms with Crippen LogP contribution in [-0.4, -0.2) is 43.4 Å². The van der Waals surface area contributed by atoms with Gasteiger partial charge in [-0.3, -0.25) is 9.35 Å². The Balaban J connectivity index is 4.25. The first-order valence-corrected chi connectivity index (χ1v) is 9.24. The molecule has 0 saturated heterocycles. The molecule has 0 radical (unpaired) electrons. The lowest BCUT2D eigenvalue weighted by molar-refractivity contribution is -0.163. The first kappa shape index (κ1) is 23.7. The van der Waals surface area contributed by atoms with Crippen molar-refractivity contribution < 1.29 is 40.8 Å². The molecule has 0 aromatic heterocycles. The molecule has 0 aliphatic rings. The number of hydrogen-bond donors (Lipinski definition) is 1. The standard InChI is InChI=1S/C15H26F2O7S/c1-6-13(2,3)14(4,5)11(18)23-9-7-8-10-24-12(19)15(16,17)25(20,21)22/h6-10H2,1-5H3,(H,20,21,22). The Labute approximate surface area is 146 Å². The Bertz CT molecular complexity index is 583. The Hall–Kier alpha value is -1.29. The molecule has 0 spiro atoms. The van der Waals surface area contributed by atoms with Gasteiger partial charge in [-0.05, 0) is 38.5 Å². The van der Waals surface area contributed by atoms with Gasteiger partial charge in [0.2, 0.25) is 0 Å². The minimum atomic E-state index is -5.87. The van der Waals surface area contributed by atoms with Crippen LogP contribution in [0.15, 0.2) is 0 Å². The van der Waals surface area contributed by atoms with Crippen LogP contribution in [0.3, 0.4) is 0 Å². The number of carbonyl (C=O) groups excluding carboxylic acids is 2. The molecule has 25 heavy (non-hydrogen) atoms. The van der Waals surface area contributed by atoms with E-state index in [1.54, 1.807) is 13.8 Å². The van der Waals surface area contributed by atoms with Gasteiger partial charge < -0.3 is 9.47 Å². The van der Waals surface area contributed by atoms with Gasteiger partial charge in [-0.25, -0.2) is 4.79 Å². The van der Waals surface area contributed by atoms with E-state index in [0.29, 0.717) is 0 Å². The number of unbranched alkanes of at least 4 members (excludes halogenated alkanes) is 1. The van der Waals surface area contributed by atoms with Crippen molar-refractivity contribution in [3.63, 3.8) is 0 Å². The highest BCUT2D eigenvalue weighted by Crippen LogP contribution is 2.42. The molecule has 10 heteroatoms. The molecule has 1 N–H and O–H groups in total. The minimum absolute atomic E-state index is 0.00823. The van der Waals surface area contributed by atoms with Crippen molar-refractivity contribution in [2.24, 2.45) is 10.8 Å². The molecule has 0 bridgehead atoms. The van der Waals surface area contributed by atoms with Gasteiger partial charge in [0.05, 0.1) is 18.6 Å². The summed E-state index contributed by atoms with van der Waals surface area (Å²) in [5.41, 5.74) is -0.993. The van der Waals surface area contributed by atoms with Crippen LogP contribution in [0.1, 0.15) is 53.9 Å². The van der Waals surface area contributed by atoms with Crippen molar-refractivity contribution in [2.75, 3.05) is 13.2 Å². The van der Waals surface area contributed by atoms with E-state index in [9.17, 15) is 26.8 Å². The fourth-order valence-electron chi connectivity index (χ4n) is 1.62. The third-order valence-corrected chi connectivity index (χ3v) is 5.47. The molecule has 0 aliphatic heterocycles. The van der Waals surface area contributed by atoms with Gasteiger partial charge in [0, 0.05) is 0 Å². The van der Waals surface area contributed by atoms with Gasteiger partial charge >= 0.3 is 27.3 Å². The highest BCUT2D eigenvalue weighted by molar-refractivity contribution is 7.87. The van der Waals surface area contributed by atoms with E-state index in [2.05, 4.69) is 4.74 Å². The second kappa shape index (κ2) is 8.39. The van der Waals surface area contributed by atoms with Crippen LogP contribution in [-0.2, 0) is 29.2 Å². The first-order valence-electron chi connectivity index (χ1n) is 7.80. The van der Waals surface area contributed by atoms with Crippen LogP contribution in [0.25, 0.3) is 0 Å². The minimum Gasteiger partial charge on any atom is -0.465 e. The normalized spacial score (nSPS) is 13.4. The quantitative estimate of drug-likeness (QED) is 0.348. The highest BCUT2D eigenvalue weighted by atomic mass is 32.2. The maximum atomic E-state index is 12.9. The summed E-state index contributed by atoms with van der Waals surface area (Å²) < 4.78 is 64.0. The van der Waals surface area contributed by atoms with E-state index in [4.69, 9.17) is 9.29 Å².